The van der Waals surface area contributed by atoms with Gasteiger partial charge in [0.05, 0.1) is 0 Å². The highest BCUT2D eigenvalue weighted by atomic mass is 15.2. The van der Waals surface area contributed by atoms with Crippen LogP contribution in [0.25, 0.3) is 0 Å². The van der Waals surface area contributed by atoms with Crippen LogP contribution in [0.2, 0.25) is 0 Å². The molecule has 1 atom stereocenters. The van der Waals surface area contributed by atoms with Gasteiger partial charge in [0.2, 0.25) is 0 Å². The van der Waals surface area contributed by atoms with E-state index in [2.05, 4.69) is 40.2 Å². The lowest BCUT2D eigenvalue weighted by atomic mass is 9.90. The molecule has 0 aromatic carbocycles. The van der Waals surface area contributed by atoms with Gasteiger partial charge in [-0.1, -0.05) is 0 Å². The van der Waals surface area contributed by atoms with Gasteiger partial charge in [0.1, 0.15) is 5.82 Å². The summed E-state index contributed by atoms with van der Waals surface area (Å²) in [6.45, 7) is 9.02. The van der Waals surface area contributed by atoms with E-state index >= 15 is 0 Å². The van der Waals surface area contributed by atoms with Crippen LogP contribution in [0.15, 0.2) is 6.20 Å². The number of nitrogens with zero attached hydrogens (tertiary/aromatic N) is 3. The lowest BCUT2D eigenvalue weighted by Crippen LogP contribution is -2.46. The molecule has 0 radical (unpaired) electrons. The minimum absolute atomic E-state index is 0.463. The highest BCUT2D eigenvalue weighted by molar-refractivity contribution is 5.24. The Balaban J connectivity index is 1.62. The normalized spacial score (nSPS) is 24.3. The molecule has 116 valence electrons. The summed E-state index contributed by atoms with van der Waals surface area (Å²) in [5, 5.41) is 3.89. The summed E-state index contributed by atoms with van der Waals surface area (Å²) < 4.78 is 0. The monoisotopic (exact) mass is 288 g/mol. The number of fused-ring (bicyclic) bond motifs is 1. The SMILES string of the molecule is Cc1ncc2c(n1)CCC[C@@H]2NC1CCN(C(C)C)CC1. The van der Waals surface area contributed by atoms with Crippen molar-refractivity contribution in [2.45, 2.75) is 71.0 Å². The lowest BCUT2D eigenvalue weighted by Gasteiger charge is -2.37. The van der Waals surface area contributed by atoms with Crippen LogP contribution in [0.4, 0.5) is 0 Å². The zero-order valence-corrected chi connectivity index (χ0v) is 13.6. The fraction of sp³-hybridized carbons (Fsp3) is 0.765. The van der Waals surface area contributed by atoms with E-state index in [1.54, 1.807) is 0 Å². The molecule has 21 heavy (non-hydrogen) atoms. The highest BCUT2D eigenvalue weighted by Crippen LogP contribution is 2.29. The molecule has 1 aliphatic heterocycles. The van der Waals surface area contributed by atoms with Crippen molar-refractivity contribution in [1.29, 1.82) is 0 Å². The Kier molecular flexibility index (Phi) is 4.55. The van der Waals surface area contributed by atoms with Gasteiger partial charge in [0, 0.05) is 35.6 Å². The summed E-state index contributed by atoms with van der Waals surface area (Å²) in [5.74, 6) is 0.902. The van der Waals surface area contributed by atoms with Crippen LogP contribution in [0.3, 0.4) is 0 Å². The number of nitrogens with one attached hydrogen (secondary N) is 1. The van der Waals surface area contributed by atoms with E-state index in [1.165, 1.54) is 50.0 Å². The van der Waals surface area contributed by atoms with Gasteiger partial charge >= 0.3 is 0 Å². The van der Waals surface area contributed by atoms with Gasteiger partial charge in [0.15, 0.2) is 0 Å². The van der Waals surface area contributed by atoms with Gasteiger partial charge in [0.25, 0.3) is 0 Å². The smallest absolute Gasteiger partial charge is 0.125 e. The van der Waals surface area contributed by atoms with E-state index in [1.807, 2.05) is 6.92 Å². The number of hydrogen-bond acceptors (Lipinski definition) is 4. The van der Waals surface area contributed by atoms with Crippen LogP contribution in [0.5, 0.6) is 0 Å². The molecule has 4 heteroatoms. The van der Waals surface area contributed by atoms with Crippen LogP contribution in [0, 0.1) is 6.92 Å². The molecule has 4 nitrogen and oxygen atoms in total. The van der Waals surface area contributed by atoms with Crippen molar-refractivity contribution in [2.24, 2.45) is 0 Å². The van der Waals surface area contributed by atoms with Crippen molar-refractivity contribution in [2.75, 3.05) is 13.1 Å². The van der Waals surface area contributed by atoms with Crippen molar-refractivity contribution >= 4 is 0 Å². The van der Waals surface area contributed by atoms with E-state index in [0.29, 0.717) is 18.1 Å². The number of hydrogen-bond donors (Lipinski definition) is 1. The van der Waals surface area contributed by atoms with Crippen molar-refractivity contribution in [3.05, 3.63) is 23.3 Å². The van der Waals surface area contributed by atoms with Gasteiger partial charge in [-0.2, -0.15) is 0 Å². The molecule has 1 aliphatic carbocycles. The Labute approximate surface area is 128 Å². The van der Waals surface area contributed by atoms with Crippen molar-refractivity contribution in [3.63, 3.8) is 0 Å². The van der Waals surface area contributed by atoms with E-state index in [0.717, 1.165) is 12.2 Å². The van der Waals surface area contributed by atoms with Crippen molar-refractivity contribution < 1.29 is 0 Å². The van der Waals surface area contributed by atoms with E-state index in [-0.39, 0.29) is 0 Å². The first-order valence-electron chi connectivity index (χ1n) is 8.46. The molecule has 1 fully saturated rings. The fourth-order valence-corrected chi connectivity index (χ4v) is 3.69. The maximum Gasteiger partial charge on any atom is 0.125 e. The summed E-state index contributed by atoms with van der Waals surface area (Å²) in [4.78, 5) is 11.6. The van der Waals surface area contributed by atoms with Gasteiger partial charge in [-0.15, -0.1) is 0 Å². The molecule has 3 rings (SSSR count). The Morgan fingerprint density at radius 2 is 2.00 bits per heavy atom. The Hall–Kier alpha value is -1.00. The largest absolute Gasteiger partial charge is 0.307 e. The fourth-order valence-electron chi connectivity index (χ4n) is 3.69. The molecule has 0 saturated carbocycles. The highest BCUT2D eigenvalue weighted by Gasteiger charge is 2.27. The maximum absolute atomic E-state index is 4.63. The Morgan fingerprint density at radius 1 is 1.24 bits per heavy atom. The van der Waals surface area contributed by atoms with Crippen LogP contribution >= 0.6 is 0 Å². The van der Waals surface area contributed by atoms with Crippen LogP contribution in [-0.2, 0) is 6.42 Å². The number of likely N-dealkylation sites (tertiary alicyclic amines) is 1. The molecule has 2 aliphatic rings. The predicted octanol–water partition coefficient (Wildman–Crippen LogP) is 2.62. The topological polar surface area (TPSA) is 41.1 Å². The summed E-state index contributed by atoms with van der Waals surface area (Å²) >= 11 is 0. The summed E-state index contributed by atoms with van der Waals surface area (Å²) in [5.41, 5.74) is 2.61. The molecule has 1 aromatic rings. The molecule has 2 heterocycles. The predicted molar refractivity (Wildman–Crippen MR) is 85.3 cm³/mol. The van der Waals surface area contributed by atoms with Crippen molar-refractivity contribution in [1.82, 2.24) is 20.2 Å². The molecule has 0 spiro atoms. The Morgan fingerprint density at radius 3 is 2.71 bits per heavy atom. The quantitative estimate of drug-likeness (QED) is 0.928. The summed E-state index contributed by atoms with van der Waals surface area (Å²) in [6.07, 6.45) is 8.16. The van der Waals surface area contributed by atoms with Gasteiger partial charge in [-0.25, -0.2) is 9.97 Å². The third kappa shape index (κ3) is 3.43. The van der Waals surface area contributed by atoms with E-state index in [9.17, 15) is 0 Å². The van der Waals surface area contributed by atoms with Crippen LogP contribution in [-0.4, -0.2) is 40.0 Å². The average Bonchev–Trinajstić information content (AvgIpc) is 2.47. The number of rotatable bonds is 3. The van der Waals surface area contributed by atoms with Crippen LogP contribution < -0.4 is 5.32 Å². The lowest BCUT2D eigenvalue weighted by molar-refractivity contribution is 0.154. The minimum Gasteiger partial charge on any atom is -0.307 e. The molecule has 1 aromatic heterocycles. The number of piperidine rings is 1. The second-order valence-corrected chi connectivity index (χ2v) is 6.83. The summed E-state index contributed by atoms with van der Waals surface area (Å²) in [7, 11) is 0. The second-order valence-electron chi connectivity index (χ2n) is 6.83. The second kappa shape index (κ2) is 6.41. The first-order valence-corrected chi connectivity index (χ1v) is 8.46. The van der Waals surface area contributed by atoms with Gasteiger partial charge in [-0.05, 0) is 66.0 Å². The third-order valence-electron chi connectivity index (χ3n) is 5.00. The first kappa shape index (κ1) is 14.9. The molecule has 1 N–H and O–H groups in total. The van der Waals surface area contributed by atoms with Crippen LogP contribution in [0.1, 0.15) is 62.7 Å². The molecular formula is C17H28N4. The third-order valence-corrected chi connectivity index (χ3v) is 5.00. The molecule has 0 unspecified atom stereocenters. The zero-order chi connectivity index (χ0) is 14.8. The van der Waals surface area contributed by atoms with Gasteiger partial charge < -0.3 is 10.2 Å². The average molecular weight is 288 g/mol. The van der Waals surface area contributed by atoms with Gasteiger partial charge in [-0.3, -0.25) is 0 Å². The molecule has 0 amide bonds. The first-order chi connectivity index (χ1) is 10.1. The Bertz CT molecular complexity index is 478. The summed E-state index contributed by atoms with van der Waals surface area (Å²) in [6, 6.07) is 1.79. The molecular weight excluding hydrogens is 260 g/mol. The zero-order valence-electron chi connectivity index (χ0n) is 13.6. The molecule has 0 bridgehead atoms. The minimum atomic E-state index is 0.463. The maximum atomic E-state index is 4.63. The van der Waals surface area contributed by atoms with E-state index < -0.39 is 0 Å². The number of aryl methyl sites for hydroxylation is 2. The standard InChI is InChI=1S/C17H28N4/c1-12(2)21-9-7-14(8-10-21)20-17-6-4-5-16-15(17)11-18-13(3)19-16/h11-12,14,17,20H,4-10H2,1-3H3/t17-/m0/s1. The van der Waals surface area contributed by atoms with E-state index in [4.69, 9.17) is 0 Å². The van der Waals surface area contributed by atoms with Crippen molar-refractivity contribution in [3.8, 4) is 0 Å². The molecule has 1 saturated heterocycles. The number of aromatic nitrogens is 2.